The van der Waals surface area contributed by atoms with Crippen molar-refractivity contribution in [3.05, 3.63) is 46.3 Å². The summed E-state index contributed by atoms with van der Waals surface area (Å²) < 4.78 is 17.1. The lowest BCUT2D eigenvalue weighted by Crippen LogP contribution is -2.60. The first-order valence-electron chi connectivity index (χ1n) is 29.7. The second-order valence-electron chi connectivity index (χ2n) is 23.0. The van der Waals surface area contributed by atoms with Gasteiger partial charge in [-0.3, -0.25) is 38.4 Å². The van der Waals surface area contributed by atoms with E-state index in [2.05, 4.69) is 41.9 Å². The maximum atomic E-state index is 14.8. The molecule has 1 heterocycles. The summed E-state index contributed by atoms with van der Waals surface area (Å²) in [5.74, 6) is -6.44. The van der Waals surface area contributed by atoms with E-state index in [9.17, 15) is 47.9 Å². The van der Waals surface area contributed by atoms with E-state index in [1.54, 1.807) is 65.3 Å². The molecule has 0 aromatic heterocycles. The molecule has 478 valence electrons. The molecule has 1 aliphatic rings. The highest BCUT2D eigenvalue weighted by atomic mass is 16.5. The molecule has 0 spiro atoms. The Morgan fingerprint density at radius 1 is 0.741 bits per heavy atom. The fourth-order valence-corrected chi connectivity index (χ4v) is 10.8. The molecule has 1 aliphatic heterocycles. The standard InChI is InChI=1S/C59H99N13O13/c1-15-38(8)51(44(83-12)34-47(75)72-32-22-26-43(72)52(84-13)39(9)53(76)66-42(58(81)85-14)33-40-23-17-16-18-24-40)71(11)57(80)49(36(4)5)68-56(79)50(37(6)7)70(10)46(74)28-21-29-62-54(77)41(25-19-30-63-59(60)82)65-55(78)48(35(2)3)67-45(73)27-20-31-64-69-61/h16-18,23-24,35-39,41-44,48-52H,15,19-22,25-34H2,1-14H3,(H,62,77)(H,65,78)(H,66,76)(H,67,73)(H,68,79)(H3,60,63,82)/t38?,39-,41-,42?,43+,44?,48-,49+,50+,51?,52-/m1/s1. The molecule has 1 aromatic rings. The number of likely N-dealkylation sites (tertiary alicyclic amines) is 1. The van der Waals surface area contributed by atoms with Crippen LogP contribution in [-0.2, 0) is 63.8 Å². The van der Waals surface area contributed by atoms with Gasteiger partial charge in [-0.05, 0) is 73.3 Å². The number of ether oxygens (including phenoxy) is 3. The average Bonchev–Trinajstić information content (AvgIpc) is 3.94. The summed E-state index contributed by atoms with van der Waals surface area (Å²) in [5.41, 5.74) is 14.6. The van der Waals surface area contributed by atoms with Crippen molar-refractivity contribution in [3.63, 3.8) is 0 Å². The largest absolute Gasteiger partial charge is 0.467 e. The summed E-state index contributed by atoms with van der Waals surface area (Å²) >= 11 is 0. The van der Waals surface area contributed by atoms with Crippen molar-refractivity contribution in [1.82, 2.24) is 46.6 Å². The van der Waals surface area contributed by atoms with Crippen LogP contribution in [-0.4, -0.2) is 190 Å². The fraction of sp³-hybridized carbons (Fsp3) is 0.729. The Balaban J connectivity index is 2.22. The third-order valence-corrected chi connectivity index (χ3v) is 15.7. The van der Waals surface area contributed by atoms with Crippen molar-refractivity contribution in [2.45, 2.75) is 187 Å². The zero-order valence-electron chi connectivity index (χ0n) is 52.6. The van der Waals surface area contributed by atoms with Crippen LogP contribution in [0.15, 0.2) is 35.4 Å². The molecule has 8 N–H and O–H groups in total. The van der Waals surface area contributed by atoms with Crippen molar-refractivity contribution in [1.29, 1.82) is 0 Å². The van der Waals surface area contributed by atoms with Crippen molar-refractivity contribution in [2.24, 2.45) is 40.4 Å². The highest BCUT2D eigenvalue weighted by Gasteiger charge is 2.44. The van der Waals surface area contributed by atoms with Gasteiger partial charge < -0.3 is 66.5 Å². The number of nitrogens with two attached hydrogens (primary N) is 1. The van der Waals surface area contributed by atoms with E-state index in [0.29, 0.717) is 25.8 Å². The molecule has 2 rings (SSSR count). The van der Waals surface area contributed by atoms with Crippen LogP contribution in [0.1, 0.15) is 132 Å². The number of amides is 10. The quantitative estimate of drug-likeness (QED) is 0.0164. The van der Waals surface area contributed by atoms with Crippen molar-refractivity contribution in [3.8, 4) is 0 Å². The minimum absolute atomic E-state index is 0.0108. The number of nitrogens with one attached hydrogen (secondary N) is 6. The first-order valence-corrected chi connectivity index (χ1v) is 29.7. The lowest BCUT2D eigenvalue weighted by atomic mass is 9.89. The molecule has 0 aliphatic carbocycles. The van der Waals surface area contributed by atoms with E-state index in [0.717, 1.165) is 5.56 Å². The van der Waals surface area contributed by atoms with Crippen LogP contribution in [0.4, 0.5) is 4.79 Å². The van der Waals surface area contributed by atoms with Gasteiger partial charge in [0.05, 0.1) is 43.7 Å². The number of methoxy groups -OCH3 is 3. The van der Waals surface area contributed by atoms with E-state index in [1.165, 1.54) is 33.3 Å². The minimum atomic E-state index is -1.09. The van der Waals surface area contributed by atoms with Crippen molar-refractivity contribution in [2.75, 3.05) is 61.6 Å². The van der Waals surface area contributed by atoms with Crippen LogP contribution in [0, 0.1) is 29.6 Å². The zero-order valence-corrected chi connectivity index (χ0v) is 52.6. The van der Waals surface area contributed by atoms with Crippen molar-refractivity contribution < 1.29 is 62.2 Å². The first kappa shape index (κ1) is 74.1. The van der Waals surface area contributed by atoms with Gasteiger partial charge in [-0.2, -0.15) is 0 Å². The summed E-state index contributed by atoms with van der Waals surface area (Å²) in [6.07, 6.45) is 1.11. The Hall–Kier alpha value is -7.05. The zero-order chi connectivity index (χ0) is 64.1. The summed E-state index contributed by atoms with van der Waals surface area (Å²) in [6.45, 7) is 16.9. The third kappa shape index (κ3) is 23.7. The lowest BCUT2D eigenvalue weighted by Gasteiger charge is -2.41. The number of likely N-dealkylation sites (N-methyl/N-ethyl adjacent to an activating group) is 2. The smallest absolute Gasteiger partial charge is 0.328 e. The normalized spacial score (nSPS) is 16.6. The number of rotatable bonds is 38. The van der Waals surface area contributed by atoms with E-state index in [-0.39, 0.29) is 88.7 Å². The summed E-state index contributed by atoms with van der Waals surface area (Å²) in [7, 11) is 7.37. The Kier molecular flexibility index (Phi) is 33.2. The summed E-state index contributed by atoms with van der Waals surface area (Å²) in [5, 5.41) is 19.8. The number of esters is 1. The van der Waals surface area contributed by atoms with Gasteiger partial charge in [-0.25, -0.2) is 9.59 Å². The molecule has 11 atom stereocenters. The fourth-order valence-electron chi connectivity index (χ4n) is 10.8. The second-order valence-corrected chi connectivity index (χ2v) is 23.0. The Morgan fingerprint density at radius 2 is 1.38 bits per heavy atom. The number of hydrogen-bond acceptors (Lipinski definition) is 14. The Morgan fingerprint density at radius 3 is 1.94 bits per heavy atom. The number of azide groups is 1. The number of urea groups is 1. The third-order valence-electron chi connectivity index (χ3n) is 15.7. The minimum Gasteiger partial charge on any atom is -0.467 e. The van der Waals surface area contributed by atoms with Gasteiger partial charge in [0.2, 0.25) is 47.3 Å². The number of carbonyl (C=O) groups is 10. The Labute approximate surface area is 502 Å². The second kappa shape index (κ2) is 38.1. The van der Waals surface area contributed by atoms with Gasteiger partial charge in [-0.15, -0.1) is 0 Å². The van der Waals surface area contributed by atoms with Gasteiger partial charge in [0.25, 0.3) is 0 Å². The van der Waals surface area contributed by atoms with Crippen molar-refractivity contribution >= 4 is 59.3 Å². The number of hydrogen-bond donors (Lipinski definition) is 7. The van der Waals surface area contributed by atoms with Gasteiger partial charge in [-0.1, -0.05) is 104 Å². The molecule has 1 aromatic carbocycles. The topological polar surface area (TPSA) is 355 Å². The molecule has 26 heteroatoms. The maximum Gasteiger partial charge on any atom is 0.328 e. The summed E-state index contributed by atoms with van der Waals surface area (Å²) in [6, 6.07) is 2.27. The van der Waals surface area contributed by atoms with Crippen LogP contribution in [0.3, 0.4) is 0 Å². The van der Waals surface area contributed by atoms with Gasteiger partial charge in [0.15, 0.2) is 0 Å². The molecular weight excluding hydrogens is 1100 g/mol. The van der Waals surface area contributed by atoms with Gasteiger partial charge >= 0.3 is 12.0 Å². The predicted molar refractivity (Wildman–Crippen MR) is 319 cm³/mol. The molecule has 85 heavy (non-hydrogen) atoms. The maximum absolute atomic E-state index is 14.8. The van der Waals surface area contributed by atoms with E-state index in [4.69, 9.17) is 25.5 Å². The predicted octanol–water partition coefficient (Wildman–Crippen LogP) is 3.49. The van der Waals surface area contributed by atoms with Crippen LogP contribution in [0.25, 0.3) is 10.4 Å². The number of nitrogens with zero attached hydrogens (tertiary/aromatic N) is 6. The SMILES string of the molecule is CCC(C)C(C(CC(=O)N1CCC[C@H]1[C@H](OC)[C@@H](C)C(=O)NC(Cc1ccccc1)C(=O)OC)OC)N(C)C(=O)[C@@H](NC(=O)[C@H](C(C)C)N(C)C(=O)CCCNC(=O)[C@@H](CCCNC(N)=O)NC(=O)[C@H](NC(=O)CCCN=[N+]=[N-])C(C)C)C(C)C. The van der Waals surface area contributed by atoms with Gasteiger partial charge in [0.1, 0.15) is 30.2 Å². The average molecular weight is 1200 g/mol. The van der Waals surface area contributed by atoms with Gasteiger partial charge in [0, 0.05) is 78.7 Å². The first-order chi connectivity index (χ1) is 40.2. The van der Waals surface area contributed by atoms with Crippen LogP contribution in [0.5, 0.6) is 0 Å². The summed E-state index contributed by atoms with van der Waals surface area (Å²) in [4.78, 5) is 142. The highest BCUT2D eigenvalue weighted by molar-refractivity contribution is 5.94. The molecule has 26 nitrogen and oxygen atoms in total. The van der Waals surface area contributed by atoms with E-state index < -0.39 is 126 Å². The molecular formula is C59H99N13O13. The molecule has 4 unspecified atom stereocenters. The molecule has 1 fully saturated rings. The lowest BCUT2D eigenvalue weighted by molar-refractivity contribution is -0.149. The van der Waals surface area contributed by atoms with Crippen LogP contribution >= 0.6 is 0 Å². The number of benzene rings is 1. The van der Waals surface area contributed by atoms with Crippen LogP contribution < -0.4 is 37.6 Å². The highest BCUT2D eigenvalue weighted by Crippen LogP contribution is 2.30. The van der Waals surface area contributed by atoms with Crippen LogP contribution in [0.2, 0.25) is 0 Å². The Bertz CT molecular complexity index is 2390. The number of carbonyl (C=O) groups excluding carboxylic acids is 10. The molecule has 1 saturated heterocycles. The molecule has 0 bridgehead atoms. The monoisotopic (exact) mass is 1200 g/mol. The molecule has 0 saturated carbocycles. The van der Waals surface area contributed by atoms with E-state index in [1.807, 2.05) is 44.2 Å². The number of primary amides is 1. The van der Waals surface area contributed by atoms with E-state index >= 15 is 0 Å². The molecule has 0 radical (unpaired) electrons. The molecule has 10 amide bonds.